The second-order valence-corrected chi connectivity index (χ2v) is 2.72. The Morgan fingerprint density at radius 3 is 2.43 bits per heavy atom. The first-order chi connectivity index (χ1) is 6.32. The van der Waals surface area contributed by atoms with Crippen LogP contribution in [0.3, 0.4) is 0 Å². The predicted molar refractivity (Wildman–Crippen MR) is 37.9 cm³/mol. The third kappa shape index (κ3) is 2.20. The van der Waals surface area contributed by atoms with E-state index >= 15 is 0 Å². The molecule has 0 saturated heterocycles. The Balaban J connectivity index is 2.89. The topological polar surface area (TPSA) is 85.2 Å². The SMILES string of the molecule is C[C@@H](O)[C@H](N)c1nc(C(F)(F)F)no1. The summed E-state index contributed by atoms with van der Waals surface area (Å²) in [6.45, 7) is 1.31. The number of rotatable bonds is 2. The van der Waals surface area contributed by atoms with E-state index in [1.165, 1.54) is 6.92 Å². The van der Waals surface area contributed by atoms with Gasteiger partial charge in [0.15, 0.2) is 0 Å². The van der Waals surface area contributed by atoms with Crippen LogP contribution in [0.5, 0.6) is 0 Å². The standard InChI is InChI=1S/C6H8F3N3O2/c1-2(13)3(10)4-11-5(12-14-4)6(7,8)9/h2-3,13H,10H2,1H3/t2-,3+/m1/s1. The summed E-state index contributed by atoms with van der Waals surface area (Å²) in [7, 11) is 0. The zero-order valence-electron chi connectivity index (χ0n) is 7.12. The smallest absolute Gasteiger partial charge is 0.391 e. The Hall–Kier alpha value is -1.15. The Morgan fingerprint density at radius 2 is 2.07 bits per heavy atom. The second kappa shape index (κ2) is 3.54. The minimum atomic E-state index is -4.67. The Labute approximate surface area is 76.7 Å². The summed E-state index contributed by atoms with van der Waals surface area (Å²) in [5, 5.41) is 11.6. The molecule has 0 fully saturated rings. The quantitative estimate of drug-likeness (QED) is 0.742. The molecule has 0 aliphatic carbocycles. The molecule has 0 saturated carbocycles. The zero-order valence-corrected chi connectivity index (χ0v) is 7.12. The first-order valence-corrected chi connectivity index (χ1v) is 3.67. The van der Waals surface area contributed by atoms with Crippen molar-refractivity contribution in [1.29, 1.82) is 0 Å². The molecule has 0 amide bonds. The highest BCUT2D eigenvalue weighted by Gasteiger charge is 2.38. The molecule has 1 aromatic heterocycles. The van der Waals surface area contributed by atoms with Gasteiger partial charge in [0, 0.05) is 0 Å². The summed E-state index contributed by atoms with van der Waals surface area (Å²) in [4.78, 5) is 3.01. The average molecular weight is 211 g/mol. The highest BCUT2D eigenvalue weighted by molar-refractivity contribution is 4.96. The van der Waals surface area contributed by atoms with Crippen LogP contribution in [0.2, 0.25) is 0 Å². The largest absolute Gasteiger partial charge is 0.455 e. The Kier molecular flexibility index (Phi) is 2.76. The number of hydrogen-bond donors (Lipinski definition) is 2. The minimum Gasteiger partial charge on any atom is -0.391 e. The van der Waals surface area contributed by atoms with Gasteiger partial charge in [-0.2, -0.15) is 18.2 Å². The van der Waals surface area contributed by atoms with Crippen molar-refractivity contribution in [2.45, 2.75) is 25.2 Å². The average Bonchev–Trinajstić information content (AvgIpc) is 2.49. The third-order valence-corrected chi connectivity index (χ3v) is 1.50. The van der Waals surface area contributed by atoms with Gasteiger partial charge in [-0.3, -0.25) is 0 Å². The van der Waals surface area contributed by atoms with Gasteiger partial charge < -0.3 is 15.4 Å². The third-order valence-electron chi connectivity index (χ3n) is 1.50. The number of aliphatic hydroxyl groups excluding tert-OH is 1. The van der Waals surface area contributed by atoms with E-state index in [2.05, 4.69) is 14.7 Å². The number of aliphatic hydroxyl groups is 1. The van der Waals surface area contributed by atoms with Gasteiger partial charge in [0.25, 0.3) is 5.82 Å². The molecule has 2 atom stereocenters. The molecule has 14 heavy (non-hydrogen) atoms. The fraction of sp³-hybridized carbons (Fsp3) is 0.667. The monoisotopic (exact) mass is 211 g/mol. The number of nitrogens with two attached hydrogens (primary N) is 1. The van der Waals surface area contributed by atoms with E-state index < -0.39 is 30.0 Å². The van der Waals surface area contributed by atoms with Crippen LogP contribution in [-0.4, -0.2) is 21.4 Å². The maximum atomic E-state index is 12.0. The molecule has 0 unspecified atom stereocenters. The van der Waals surface area contributed by atoms with E-state index in [0.29, 0.717) is 0 Å². The number of aromatic nitrogens is 2. The lowest BCUT2D eigenvalue weighted by atomic mass is 10.2. The van der Waals surface area contributed by atoms with Crippen LogP contribution in [0.15, 0.2) is 4.52 Å². The first-order valence-electron chi connectivity index (χ1n) is 3.67. The zero-order chi connectivity index (χ0) is 10.9. The van der Waals surface area contributed by atoms with Crippen molar-refractivity contribution in [3.8, 4) is 0 Å². The van der Waals surface area contributed by atoms with E-state index in [1.54, 1.807) is 0 Å². The van der Waals surface area contributed by atoms with Crippen molar-refractivity contribution in [2.75, 3.05) is 0 Å². The number of alkyl halides is 3. The highest BCUT2D eigenvalue weighted by atomic mass is 19.4. The molecular weight excluding hydrogens is 203 g/mol. The van der Waals surface area contributed by atoms with Crippen molar-refractivity contribution in [3.63, 3.8) is 0 Å². The Bertz CT molecular complexity index is 310. The van der Waals surface area contributed by atoms with Crippen molar-refractivity contribution in [2.24, 2.45) is 5.73 Å². The van der Waals surface area contributed by atoms with E-state index in [9.17, 15) is 13.2 Å². The maximum Gasteiger partial charge on any atom is 0.455 e. The summed E-state index contributed by atoms with van der Waals surface area (Å²) in [6, 6.07) is -1.11. The lowest BCUT2D eigenvalue weighted by Crippen LogP contribution is -2.23. The fourth-order valence-corrected chi connectivity index (χ4v) is 0.692. The van der Waals surface area contributed by atoms with Gasteiger partial charge in [-0.15, -0.1) is 0 Å². The van der Waals surface area contributed by atoms with Crippen LogP contribution in [0, 0.1) is 0 Å². The molecule has 80 valence electrons. The molecule has 0 radical (unpaired) electrons. The molecule has 1 aromatic rings. The molecule has 0 aromatic carbocycles. The van der Waals surface area contributed by atoms with E-state index in [1.807, 2.05) is 0 Å². The van der Waals surface area contributed by atoms with Gasteiger partial charge in [0.05, 0.1) is 6.10 Å². The predicted octanol–water partition coefficient (Wildman–Crippen LogP) is 0.469. The van der Waals surface area contributed by atoms with Crippen molar-refractivity contribution in [3.05, 3.63) is 11.7 Å². The van der Waals surface area contributed by atoms with Crippen molar-refractivity contribution >= 4 is 0 Å². The summed E-state index contributed by atoms with van der Waals surface area (Å²) in [5.41, 5.74) is 5.28. The summed E-state index contributed by atoms with van der Waals surface area (Å²) in [6.07, 6.45) is -5.73. The molecule has 8 heteroatoms. The van der Waals surface area contributed by atoms with E-state index in [4.69, 9.17) is 10.8 Å². The summed E-state index contributed by atoms with van der Waals surface area (Å²) < 4.78 is 40.2. The van der Waals surface area contributed by atoms with E-state index in [0.717, 1.165) is 0 Å². The van der Waals surface area contributed by atoms with Gasteiger partial charge in [-0.25, -0.2) is 0 Å². The number of nitrogens with zero attached hydrogens (tertiary/aromatic N) is 2. The number of hydrogen-bond acceptors (Lipinski definition) is 5. The van der Waals surface area contributed by atoms with Crippen LogP contribution >= 0.6 is 0 Å². The molecule has 3 N–H and O–H groups in total. The Morgan fingerprint density at radius 1 is 1.50 bits per heavy atom. The molecule has 1 heterocycles. The summed E-state index contributed by atoms with van der Waals surface area (Å²) in [5.74, 6) is -1.84. The van der Waals surface area contributed by atoms with Crippen LogP contribution in [0.1, 0.15) is 24.7 Å². The van der Waals surface area contributed by atoms with Gasteiger partial charge in [0.1, 0.15) is 6.04 Å². The molecule has 5 nitrogen and oxygen atoms in total. The van der Waals surface area contributed by atoms with Crippen LogP contribution in [-0.2, 0) is 6.18 Å². The maximum absolute atomic E-state index is 12.0. The van der Waals surface area contributed by atoms with Crippen molar-refractivity contribution < 1.29 is 22.8 Å². The lowest BCUT2D eigenvalue weighted by Gasteiger charge is -2.08. The molecular formula is C6H8F3N3O2. The minimum absolute atomic E-state index is 0.438. The van der Waals surface area contributed by atoms with Gasteiger partial charge >= 0.3 is 6.18 Å². The van der Waals surface area contributed by atoms with Gasteiger partial charge in [-0.1, -0.05) is 5.16 Å². The van der Waals surface area contributed by atoms with E-state index in [-0.39, 0.29) is 0 Å². The molecule has 0 bridgehead atoms. The van der Waals surface area contributed by atoms with Crippen LogP contribution < -0.4 is 5.73 Å². The van der Waals surface area contributed by atoms with Crippen LogP contribution in [0.4, 0.5) is 13.2 Å². The summed E-state index contributed by atoms with van der Waals surface area (Å²) >= 11 is 0. The molecule has 0 aliphatic heterocycles. The second-order valence-electron chi connectivity index (χ2n) is 2.72. The van der Waals surface area contributed by atoms with Gasteiger partial charge in [0.2, 0.25) is 5.89 Å². The van der Waals surface area contributed by atoms with Crippen molar-refractivity contribution in [1.82, 2.24) is 10.1 Å². The molecule has 1 rings (SSSR count). The molecule has 0 aliphatic rings. The fourth-order valence-electron chi connectivity index (χ4n) is 0.692. The lowest BCUT2D eigenvalue weighted by molar-refractivity contribution is -0.146. The normalized spacial score (nSPS) is 16.7. The molecule has 0 spiro atoms. The van der Waals surface area contributed by atoms with Gasteiger partial charge in [-0.05, 0) is 6.92 Å². The highest BCUT2D eigenvalue weighted by Crippen LogP contribution is 2.27. The number of halogens is 3. The van der Waals surface area contributed by atoms with Crippen LogP contribution in [0.25, 0.3) is 0 Å². The first kappa shape index (κ1) is 10.9.